The summed E-state index contributed by atoms with van der Waals surface area (Å²) in [5, 5.41) is 2.99. The second-order valence-electron chi connectivity index (χ2n) is 7.03. The summed E-state index contributed by atoms with van der Waals surface area (Å²) < 4.78 is 44.4. The number of anilines is 3. The van der Waals surface area contributed by atoms with Crippen molar-refractivity contribution in [1.29, 1.82) is 0 Å². The van der Waals surface area contributed by atoms with Crippen LogP contribution in [0.1, 0.15) is 11.1 Å². The molecule has 0 atom stereocenters. The van der Waals surface area contributed by atoms with E-state index in [1.165, 1.54) is 32.5 Å². The van der Waals surface area contributed by atoms with Gasteiger partial charge in [0.05, 0.1) is 56.4 Å². The minimum Gasteiger partial charge on any atom is -0.494 e. The van der Waals surface area contributed by atoms with Crippen LogP contribution in [0.3, 0.4) is 0 Å². The molecule has 0 bridgehead atoms. The fourth-order valence-corrected chi connectivity index (χ4v) is 3.13. The van der Waals surface area contributed by atoms with Crippen LogP contribution in [0, 0.1) is 18.6 Å². The molecule has 168 valence electrons. The van der Waals surface area contributed by atoms with E-state index in [1.54, 1.807) is 12.4 Å². The van der Waals surface area contributed by atoms with Crippen LogP contribution >= 0.6 is 0 Å². The van der Waals surface area contributed by atoms with Crippen molar-refractivity contribution >= 4 is 17.6 Å². The maximum absolute atomic E-state index is 14.4. The van der Waals surface area contributed by atoms with E-state index in [0.717, 1.165) is 13.1 Å². The molecular formula is C21H22F2N6O3. The molecule has 3 aromatic rings. The van der Waals surface area contributed by atoms with Crippen molar-refractivity contribution in [2.75, 3.05) is 43.6 Å². The highest BCUT2D eigenvalue weighted by molar-refractivity contribution is 5.51. The number of hydrogen-bond acceptors (Lipinski definition) is 9. The molecule has 11 heteroatoms. The Labute approximate surface area is 183 Å². The summed E-state index contributed by atoms with van der Waals surface area (Å²) >= 11 is 0. The fourth-order valence-electron chi connectivity index (χ4n) is 3.13. The number of halogens is 2. The Hall–Kier alpha value is -3.60. The predicted molar refractivity (Wildman–Crippen MR) is 112 cm³/mol. The van der Waals surface area contributed by atoms with E-state index in [1.807, 2.05) is 4.90 Å². The largest absolute Gasteiger partial charge is 0.494 e. The minimum atomic E-state index is -0.796. The normalized spacial score (nSPS) is 13.7. The van der Waals surface area contributed by atoms with Gasteiger partial charge >= 0.3 is 0 Å². The lowest BCUT2D eigenvalue weighted by Crippen LogP contribution is -2.37. The zero-order chi connectivity index (χ0) is 22.5. The first-order valence-electron chi connectivity index (χ1n) is 9.93. The van der Waals surface area contributed by atoms with Crippen molar-refractivity contribution < 1.29 is 23.0 Å². The molecule has 0 spiro atoms. The summed E-state index contributed by atoms with van der Waals surface area (Å²) in [6.07, 6.45) is 6.09. The molecular weight excluding hydrogens is 422 g/mol. The number of benzene rings is 1. The van der Waals surface area contributed by atoms with Crippen molar-refractivity contribution in [2.24, 2.45) is 0 Å². The Bertz CT molecular complexity index is 1060. The summed E-state index contributed by atoms with van der Waals surface area (Å²) in [4.78, 5) is 19.1. The van der Waals surface area contributed by atoms with Crippen LogP contribution < -0.4 is 19.7 Å². The first-order chi connectivity index (χ1) is 15.5. The highest BCUT2D eigenvalue weighted by Crippen LogP contribution is 2.27. The second kappa shape index (κ2) is 9.69. The minimum absolute atomic E-state index is 0.0415. The van der Waals surface area contributed by atoms with Gasteiger partial charge in [0.15, 0.2) is 17.3 Å². The number of ether oxygens (including phenoxy) is 3. The van der Waals surface area contributed by atoms with E-state index < -0.39 is 11.6 Å². The van der Waals surface area contributed by atoms with Gasteiger partial charge in [0, 0.05) is 13.1 Å². The third kappa shape index (κ3) is 4.83. The number of nitrogens with one attached hydrogen (secondary N) is 1. The lowest BCUT2D eigenvalue weighted by Gasteiger charge is -2.26. The Morgan fingerprint density at radius 1 is 1.03 bits per heavy atom. The van der Waals surface area contributed by atoms with Crippen LogP contribution in [0.5, 0.6) is 11.5 Å². The highest BCUT2D eigenvalue weighted by Gasteiger charge is 2.18. The number of nitrogens with zero attached hydrogens (tertiary/aromatic N) is 5. The predicted octanol–water partition coefficient (Wildman–Crippen LogP) is 3.02. The molecule has 0 radical (unpaired) electrons. The molecule has 3 heterocycles. The molecule has 9 nitrogen and oxygen atoms in total. The number of methoxy groups -OCH3 is 1. The summed E-state index contributed by atoms with van der Waals surface area (Å²) in [6, 6.07) is 1.30. The first kappa shape index (κ1) is 21.6. The third-order valence-corrected chi connectivity index (χ3v) is 4.86. The van der Waals surface area contributed by atoms with Crippen molar-refractivity contribution in [3.05, 3.63) is 53.6 Å². The van der Waals surface area contributed by atoms with Crippen LogP contribution in [-0.4, -0.2) is 53.3 Å². The van der Waals surface area contributed by atoms with E-state index in [0.29, 0.717) is 30.8 Å². The molecule has 1 aliphatic rings. The summed E-state index contributed by atoms with van der Waals surface area (Å²) in [5.74, 6) is -0.322. The van der Waals surface area contributed by atoms with Crippen LogP contribution in [0.25, 0.3) is 0 Å². The lowest BCUT2D eigenvalue weighted by molar-refractivity contribution is 0.122. The SMILES string of the molecule is COc1cc(C)c(F)c(COc2cnc(Nc3cnc(N4CCOCC4)nc3)nc2)c1F. The van der Waals surface area contributed by atoms with E-state index in [-0.39, 0.29) is 29.2 Å². The summed E-state index contributed by atoms with van der Waals surface area (Å²) in [6.45, 7) is 4.01. The maximum Gasteiger partial charge on any atom is 0.227 e. The lowest BCUT2D eigenvalue weighted by atomic mass is 10.1. The van der Waals surface area contributed by atoms with Gasteiger partial charge in [-0.05, 0) is 18.6 Å². The Morgan fingerprint density at radius 2 is 1.72 bits per heavy atom. The quantitative estimate of drug-likeness (QED) is 0.590. The second-order valence-corrected chi connectivity index (χ2v) is 7.03. The van der Waals surface area contributed by atoms with Crippen LogP contribution in [0.4, 0.5) is 26.4 Å². The van der Waals surface area contributed by atoms with Gasteiger partial charge in [-0.15, -0.1) is 0 Å². The van der Waals surface area contributed by atoms with Crippen LogP contribution in [0.2, 0.25) is 0 Å². The Morgan fingerprint density at radius 3 is 2.38 bits per heavy atom. The third-order valence-electron chi connectivity index (χ3n) is 4.86. The van der Waals surface area contributed by atoms with Gasteiger partial charge < -0.3 is 24.4 Å². The van der Waals surface area contributed by atoms with Crippen molar-refractivity contribution in [2.45, 2.75) is 13.5 Å². The van der Waals surface area contributed by atoms with Crippen LogP contribution in [0.15, 0.2) is 30.9 Å². The van der Waals surface area contributed by atoms with Gasteiger partial charge in [-0.1, -0.05) is 0 Å². The maximum atomic E-state index is 14.4. The molecule has 0 amide bonds. The van der Waals surface area contributed by atoms with Gasteiger partial charge in [0.1, 0.15) is 12.4 Å². The molecule has 0 saturated carbocycles. The number of aryl methyl sites for hydroxylation is 1. The molecule has 1 saturated heterocycles. The molecule has 1 aliphatic heterocycles. The Balaban J connectivity index is 1.37. The summed E-state index contributed by atoms with van der Waals surface area (Å²) in [5.41, 5.74) is 0.660. The molecule has 1 aromatic carbocycles. The van der Waals surface area contributed by atoms with E-state index in [2.05, 4.69) is 25.3 Å². The number of hydrogen-bond donors (Lipinski definition) is 1. The topological polar surface area (TPSA) is 94.5 Å². The number of rotatable bonds is 7. The smallest absolute Gasteiger partial charge is 0.227 e. The number of aromatic nitrogens is 4. The zero-order valence-electron chi connectivity index (χ0n) is 17.6. The average molecular weight is 444 g/mol. The van der Waals surface area contributed by atoms with Crippen molar-refractivity contribution in [1.82, 2.24) is 19.9 Å². The monoisotopic (exact) mass is 444 g/mol. The first-order valence-corrected chi connectivity index (χ1v) is 9.93. The molecule has 0 aliphatic carbocycles. The molecule has 0 unspecified atom stereocenters. The van der Waals surface area contributed by atoms with Gasteiger partial charge in [-0.25, -0.2) is 28.7 Å². The van der Waals surface area contributed by atoms with E-state index in [4.69, 9.17) is 14.2 Å². The van der Waals surface area contributed by atoms with Crippen LogP contribution in [-0.2, 0) is 11.3 Å². The van der Waals surface area contributed by atoms with E-state index in [9.17, 15) is 8.78 Å². The van der Waals surface area contributed by atoms with E-state index >= 15 is 0 Å². The standard InChI is InChI=1S/C21H22F2N6O3/c1-13-7-17(30-2)19(23)16(18(13)22)12-32-15-10-24-20(25-11-15)28-14-8-26-21(27-9-14)29-3-5-31-6-4-29/h7-11H,3-6,12H2,1-2H3,(H,24,25,28). The Kier molecular flexibility index (Phi) is 6.55. The number of morpholine rings is 1. The van der Waals surface area contributed by atoms with Crippen molar-refractivity contribution in [3.8, 4) is 11.5 Å². The average Bonchev–Trinajstić information content (AvgIpc) is 2.83. The zero-order valence-corrected chi connectivity index (χ0v) is 17.6. The molecule has 1 fully saturated rings. The highest BCUT2D eigenvalue weighted by atomic mass is 19.1. The fraction of sp³-hybridized carbons (Fsp3) is 0.333. The molecule has 32 heavy (non-hydrogen) atoms. The molecule has 4 rings (SSSR count). The summed E-state index contributed by atoms with van der Waals surface area (Å²) in [7, 11) is 1.32. The molecule has 2 aromatic heterocycles. The van der Waals surface area contributed by atoms with Gasteiger partial charge in [0.2, 0.25) is 11.9 Å². The van der Waals surface area contributed by atoms with Gasteiger partial charge in [-0.3, -0.25) is 0 Å². The van der Waals surface area contributed by atoms with Gasteiger partial charge in [-0.2, -0.15) is 0 Å². The van der Waals surface area contributed by atoms with Crippen molar-refractivity contribution in [3.63, 3.8) is 0 Å². The molecule has 1 N–H and O–H groups in total. The van der Waals surface area contributed by atoms with Gasteiger partial charge in [0.25, 0.3) is 0 Å².